The largest absolute Gasteiger partial charge is 0.359 e. The molecule has 0 aliphatic rings. The van der Waals surface area contributed by atoms with Crippen molar-refractivity contribution in [2.75, 3.05) is 4.90 Å². The second kappa shape index (κ2) is 8.15. The van der Waals surface area contributed by atoms with Crippen LogP contribution in [0, 0.1) is 0 Å². The summed E-state index contributed by atoms with van der Waals surface area (Å²) in [6.45, 7) is 0. The fourth-order valence-corrected chi connectivity index (χ4v) is 3.49. The highest BCUT2D eigenvalue weighted by molar-refractivity contribution is 6.57. The summed E-state index contributed by atoms with van der Waals surface area (Å²) in [5.41, 5.74) is 0.135. The van der Waals surface area contributed by atoms with Crippen LogP contribution in [0.1, 0.15) is 0 Å². The molecule has 0 spiro atoms. The van der Waals surface area contributed by atoms with E-state index in [0.29, 0.717) is 0 Å². The number of carbonyl (C=O) groups is 1. The van der Waals surface area contributed by atoms with Crippen LogP contribution in [0.5, 0.6) is 0 Å². The van der Waals surface area contributed by atoms with Crippen LogP contribution in [0.15, 0.2) is 24.3 Å². The first-order valence-corrected chi connectivity index (χ1v) is 8.84. The van der Waals surface area contributed by atoms with Gasteiger partial charge in [0.25, 0.3) is 0 Å². The van der Waals surface area contributed by atoms with Gasteiger partial charge >= 0.3 is 6.03 Å². The van der Waals surface area contributed by atoms with E-state index in [2.05, 4.69) is 0 Å². The van der Waals surface area contributed by atoms with E-state index in [1.165, 1.54) is 6.07 Å². The van der Waals surface area contributed by atoms with E-state index in [1.807, 2.05) is 0 Å². The average molecular weight is 488 g/mol. The third-order valence-corrected chi connectivity index (χ3v) is 5.71. The van der Waals surface area contributed by atoms with Gasteiger partial charge in [-0.1, -0.05) is 81.7 Å². The Hall–Kier alpha value is 0.0300. The number of hydrogen-bond acceptors (Lipinski definition) is 1. The number of nitrogens with zero attached hydrogens (tertiary/aromatic N) is 2. The van der Waals surface area contributed by atoms with Crippen molar-refractivity contribution in [3.63, 3.8) is 0 Å². The molecular formula is C13H4Cl8N2O. The van der Waals surface area contributed by atoms with Crippen molar-refractivity contribution in [3.05, 3.63) is 54.4 Å². The average Bonchev–Trinajstić information content (AvgIpc) is 2.55. The van der Waals surface area contributed by atoms with E-state index >= 15 is 0 Å². The Balaban J connectivity index is 2.85. The summed E-state index contributed by atoms with van der Waals surface area (Å²) in [6, 6.07) is 5.46. The number of rotatable bonds is 2. The molecule has 0 N–H and O–H groups in total. The summed E-state index contributed by atoms with van der Waals surface area (Å²) in [5, 5.41) is -0.293. The zero-order valence-corrected chi connectivity index (χ0v) is 17.2. The number of para-hydroxylation sites is 1. The van der Waals surface area contributed by atoms with Gasteiger partial charge in [-0.2, -0.15) is 0 Å². The molecule has 128 valence electrons. The van der Waals surface area contributed by atoms with Crippen molar-refractivity contribution >= 4 is 111 Å². The number of benzene rings is 2. The van der Waals surface area contributed by atoms with Crippen molar-refractivity contribution in [2.45, 2.75) is 0 Å². The molecule has 0 radical (unpaired) electrons. The molecule has 0 aromatic heterocycles. The highest BCUT2D eigenvalue weighted by atomic mass is 35.5. The minimum Gasteiger partial charge on any atom is -0.256 e. The van der Waals surface area contributed by atoms with Gasteiger partial charge in [-0.3, -0.25) is 4.90 Å². The number of amides is 2. The molecular weight excluding hydrogens is 484 g/mol. The monoisotopic (exact) mass is 484 g/mol. The minimum absolute atomic E-state index is 0.0581. The summed E-state index contributed by atoms with van der Waals surface area (Å²) >= 11 is 47.8. The quantitative estimate of drug-likeness (QED) is 0.237. The molecule has 0 saturated carbocycles. The number of anilines is 2. The molecule has 2 aromatic carbocycles. The fraction of sp³-hybridized carbons (Fsp3) is 0. The maximum atomic E-state index is 12.5. The Morgan fingerprint density at radius 3 is 1.67 bits per heavy atom. The molecule has 0 aliphatic carbocycles. The van der Waals surface area contributed by atoms with Gasteiger partial charge < -0.3 is 0 Å². The van der Waals surface area contributed by atoms with Gasteiger partial charge in [0.15, 0.2) is 0 Å². The maximum Gasteiger partial charge on any atom is 0.359 e. The predicted octanol–water partition coefficient (Wildman–Crippen LogP) is 8.47. The first kappa shape index (κ1) is 20.3. The highest BCUT2D eigenvalue weighted by Crippen LogP contribution is 2.51. The first-order valence-electron chi connectivity index (χ1n) is 5.90. The third-order valence-electron chi connectivity index (χ3n) is 2.84. The smallest absolute Gasteiger partial charge is 0.256 e. The molecule has 0 heterocycles. The first-order chi connectivity index (χ1) is 11.2. The number of hydrogen-bond donors (Lipinski definition) is 0. The van der Waals surface area contributed by atoms with E-state index in [1.54, 1.807) is 18.2 Å². The van der Waals surface area contributed by atoms with Crippen LogP contribution in [0.25, 0.3) is 0 Å². The molecule has 0 unspecified atom stereocenters. The maximum absolute atomic E-state index is 12.5. The van der Waals surface area contributed by atoms with Gasteiger partial charge in [0.1, 0.15) is 0 Å². The van der Waals surface area contributed by atoms with E-state index in [4.69, 9.17) is 93.2 Å². The number of carbonyl (C=O) groups excluding carboxylic acids is 1. The summed E-state index contributed by atoms with van der Waals surface area (Å²) in [4.78, 5) is 13.5. The predicted molar refractivity (Wildman–Crippen MR) is 104 cm³/mol. The van der Waals surface area contributed by atoms with E-state index < -0.39 is 6.03 Å². The van der Waals surface area contributed by atoms with E-state index in [9.17, 15) is 4.79 Å². The lowest BCUT2D eigenvalue weighted by atomic mass is 10.2. The van der Waals surface area contributed by atoms with Gasteiger partial charge in [-0.05, 0) is 12.1 Å². The zero-order valence-electron chi connectivity index (χ0n) is 11.1. The minimum atomic E-state index is -0.912. The second-order valence-corrected chi connectivity index (χ2v) is 7.37. The molecule has 11 heteroatoms. The topological polar surface area (TPSA) is 23.6 Å². The van der Waals surface area contributed by atoms with Crippen LogP contribution in [-0.4, -0.2) is 9.97 Å². The lowest BCUT2D eigenvalue weighted by Crippen LogP contribution is -2.31. The van der Waals surface area contributed by atoms with Crippen molar-refractivity contribution in [3.8, 4) is 0 Å². The highest BCUT2D eigenvalue weighted by Gasteiger charge is 2.31. The number of urea groups is 1. The molecule has 2 aromatic rings. The lowest BCUT2D eigenvalue weighted by Gasteiger charge is -2.27. The molecule has 0 aliphatic heterocycles. The third kappa shape index (κ3) is 3.74. The van der Waals surface area contributed by atoms with Crippen LogP contribution in [0.2, 0.25) is 30.1 Å². The Morgan fingerprint density at radius 1 is 0.750 bits per heavy atom. The van der Waals surface area contributed by atoms with Crippen molar-refractivity contribution in [1.82, 2.24) is 3.94 Å². The Kier molecular flexibility index (Phi) is 6.91. The number of halogens is 8. The van der Waals surface area contributed by atoms with Gasteiger partial charge in [-0.25, -0.2) is 4.79 Å². The molecule has 0 bridgehead atoms. The molecule has 2 rings (SSSR count). The van der Waals surface area contributed by atoms with Crippen molar-refractivity contribution < 1.29 is 4.79 Å². The standard InChI is InChI=1S/C13H4Cl8N2O/c14-5-3-1-2-4-6(5)22(13(24)23(20)21)12-10(18)8(16)7(15)9(17)11(12)19/h1-4H. The Labute approximate surface area is 177 Å². The van der Waals surface area contributed by atoms with Crippen LogP contribution in [0.4, 0.5) is 16.2 Å². The van der Waals surface area contributed by atoms with Gasteiger partial charge in [-0.15, -0.1) is 3.94 Å². The van der Waals surface area contributed by atoms with Crippen LogP contribution in [0.3, 0.4) is 0 Å². The zero-order chi connectivity index (χ0) is 18.2. The summed E-state index contributed by atoms with van der Waals surface area (Å²) in [6.07, 6.45) is 0. The molecule has 24 heavy (non-hydrogen) atoms. The molecule has 0 saturated heterocycles. The van der Waals surface area contributed by atoms with E-state index in [0.717, 1.165) is 4.90 Å². The van der Waals surface area contributed by atoms with Gasteiger partial charge in [0.05, 0.1) is 41.5 Å². The lowest BCUT2D eigenvalue weighted by molar-refractivity contribution is 0.244. The fourth-order valence-electron chi connectivity index (χ4n) is 1.82. The Morgan fingerprint density at radius 2 is 1.21 bits per heavy atom. The van der Waals surface area contributed by atoms with Crippen molar-refractivity contribution in [2.24, 2.45) is 0 Å². The molecule has 3 nitrogen and oxygen atoms in total. The van der Waals surface area contributed by atoms with E-state index in [-0.39, 0.29) is 45.4 Å². The SMILES string of the molecule is O=C(N(Cl)Cl)N(c1ccccc1Cl)c1c(Cl)c(Cl)c(Cl)c(Cl)c1Cl. The summed E-state index contributed by atoms with van der Waals surface area (Å²) < 4.78 is 0.284. The Bertz CT molecular complexity index is 782. The molecule has 0 fully saturated rings. The molecule has 0 atom stereocenters. The van der Waals surface area contributed by atoms with Crippen molar-refractivity contribution in [1.29, 1.82) is 0 Å². The molecule has 2 amide bonds. The second-order valence-electron chi connectivity index (χ2n) is 4.22. The summed E-state index contributed by atoms with van der Waals surface area (Å²) in [5.74, 6) is 0. The summed E-state index contributed by atoms with van der Waals surface area (Å²) in [7, 11) is 0. The van der Waals surface area contributed by atoms with Gasteiger partial charge in [0.2, 0.25) is 0 Å². The normalized spacial score (nSPS) is 10.7. The van der Waals surface area contributed by atoms with Crippen LogP contribution < -0.4 is 4.90 Å². The van der Waals surface area contributed by atoms with Gasteiger partial charge in [0, 0.05) is 23.6 Å². The van der Waals surface area contributed by atoms with Crippen LogP contribution in [-0.2, 0) is 0 Å². The van der Waals surface area contributed by atoms with Crippen LogP contribution >= 0.6 is 93.2 Å².